The first-order chi connectivity index (χ1) is 16.8. The molecule has 11 heteroatoms. The summed E-state index contributed by atoms with van der Waals surface area (Å²) in [5.74, 6) is 0.431. The van der Waals surface area contributed by atoms with Crippen LogP contribution in [0.4, 0.5) is 14.6 Å². The van der Waals surface area contributed by atoms with E-state index in [0.29, 0.717) is 30.3 Å². The molecule has 1 unspecified atom stereocenters. The first-order valence-electron chi connectivity index (χ1n) is 11.1. The van der Waals surface area contributed by atoms with Crippen LogP contribution in [0.1, 0.15) is 30.5 Å². The molecule has 1 aliphatic rings. The summed E-state index contributed by atoms with van der Waals surface area (Å²) in [5.41, 5.74) is 2.15. The number of hydrogen-bond donors (Lipinski definition) is 1. The van der Waals surface area contributed by atoms with Crippen molar-refractivity contribution in [2.45, 2.75) is 38.8 Å². The van der Waals surface area contributed by atoms with Crippen molar-refractivity contribution >= 4 is 11.7 Å². The summed E-state index contributed by atoms with van der Waals surface area (Å²) < 4.78 is 34.8. The van der Waals surface area contributed by atoms with Crippen LogP contribution in [0, 0.1) is 6.92 Å². The quantitative estimate of drug-likeness (QED) is 0.517. The predicted octanol–water partition coefficient (Wildman–Crippen LogP) is 3.67. The molecule has 3 aromatic heterocycles. The molecule has 4 rings (SSSR count). The normalized spacial score (nSPS) is 16.3. The number of pyridine rings is 2. The van der Waals surface area contributed by atoms with Crippen LogP contribution in [0.5, 0.6) is 11.8 Å². The SMILES string of the molecule is COc1cc(C(C)C(=O)N2CC[C@H](Nc3ccc(-c4ncccn4)c(C)n3)C2)cc(OC(F)F)n1. The third kappa shape index (κ3) is 5.79. The van der Waals surface area contributed by atoms with Crippen LogP contribution in [0.2, 0.25) is 0 Å². The molecule has 35 heavy (non-hydrogen) atoms. The van der Waals surface area contributed by atoms with E-state index in [1.54, 1.807) is 36.4 Å². The van der Waals surface area contributed by atoms with Crippen molar-refractivity contribution in [1.82, 2.24) is 24.8 Å². The molecule has 0 aromatic carbocycles. The molecule has 1 aliphatic heterocycles. The molecule has 1 fully saturated rings. The van der Waals surface area contributed by atoms with Crippen molar-refractivity contribution in [3.8, 4) is 23.1 Å². The van der Waals surface area contributed by atoms with Gasteiger partial charge in [0.05, 0.1) is 18.7 Å². The van der Waals surface area contributed by atoms with Crippen LogP contribution >= 0.6 is 0 Å². The Labute approximate surface area is 201 Å². The highest BCUT2D eigenvalue weighted by molar-refractivity contribution is 5.84. The van der Waals surface area contributed by atoms with E-state index in [2.05, 4.69) is 30.0 Å². The van der Waals surface area contributed by atoms with Crippen molar-refractivity contribution in [3.63, 3.8) is 0 Å². The number of ether oxygens (including phenoxy) is 2. The van der Waals surface area contributed by atoms with E-state index >= 15 is 0 Å². The fourth-order valence-electron chi connectivity index (χ4n) is 4.03. The molecule has 3 aromatic rings. The first kappa shape index (κ1) is 24.2. The number of anilines is 1. The lowest BCUT2D eigenvalue weighted by Crippen LogP contribution is -2.34. The van der Waals surface area contributed by atoms with Gasteiger partial charge in [-0.1, -0.05) is 0 Å². The fourth-order valence-corrected chi connectivity index (χ4v) is 4.03. The molecular formula is C24H26F2N6O3. The van der Waals surface area contributed by atoms with Gasteiger partial charge in [-0.25, -0.2) is 15.0 Å². The van der Waals surface area contributed by atoms with E-state index in [9.17, 15) is 13.6 Å². The molecule has 0 radical (unpaired) electrons. The highest BCUT2D eigenvalue weighted by Gasteiger charge is 2.30. The number of methoxy groups -OCH3 is 1. The van der Waals surface area contributed by atoms with E-state index < -0.39 is 12.5 Å². The van der Waals surface area contributed by atoms with E-state index in [-0.39, 0.29) is 23.7 Å². The summed E-state index contributed by atoms with van der Waals surface area (Å²) in [6, 6.07) is 8.49. The Morgan fingerprint density at radius 3 is 2.60 bits per heavy atom. The van der Waals surface area contributed by atoms with Crippen LogP contribution < -0.4 is 14.8 Å². The maximum absolute atomic E-state index is 13.2. The number of rotatable bonds is 8. The minimum absolute atomic E-state index is 0.0292. The summed E-state index contributed by atoms with van der Waals surface area (Å²) in [7, 11) is 1.37. The van der Waals surface area contributed by atoms with Gasteiger partial charge in [0.25, 0.3) is 0 Å². The molecule has 9 nitrogen and oxygen atoms in total. The number of aryl methyl sites for hydroxylation is 1. The van der Waals surface area contributed by atoms with Gasteiger partial charge in [-0.3, -0.25) is 4.79 Å². The van der Waals surface area contributed by atoms with Crippen LogP contribution in [-0.4, -0.2) is 63.6 Å². The standard InChI is InChI=1S/C24H26F2N6O3/c1-14(16-11-20(34-3)31-21(12-16)35-24(25)26)23(33)32-10-7-17(13-32)30-19-6-5-18(15(2)29-19)22-27-8-4-9-28-22/h4-6,8-9,11-12,14,17,24H,7,10,13H2,1-3H3,(H,29,30)/t14?,17-/m0/s1. The van der Waals surface area contributed by atoms with Crippen molar-refractivity contribution < 1.29 is 23.0 Å². The summed E-state index contributed by atoms with van der Waals surface area (Å²) in [4.78, 5) is 31.9. The average Bonchev–Trinajstić information content (AvgIpc) is 3.31. The first-order valence-corrected chi connectivity index (χ1v) is 11.1. The number of aromatic nitrogens is 4. The highest BCUT2D eigenvalue weighted by Crippen LogP contribution is 2.28. The van der Waals surface area contributed by atoms with Gasteiger partial charge in [-0.15, -0.1) is 0 Å². The van der Waals surface area contributed by atoms with Gasteiger partial charge in [0.1, 0.15) is 5.82 Å². The molecule has 1 amide bonds. The van der Waals surface area contributed by atoms with Crippen LogP contribution in [0.25, 0.3) is 11.4 Å². The molecule has 4 heterocycles. The number of carbonyl (C=O) groups is 1. The van der Waals surface area contributed by atoms with Gasteiger partial charge in [0.2, 0.25) is 17.7 Å². The van der Waals surface area contributed by atoms with Gasteiger partial charge < -0.3 is 19.7 Å². The van der Waals surface area contributed by atoms with Crippen LogP contribution in [0.3, 0.4) is 0 Å². The molecule has 1 N–H and O–H groups in total. The molecule has 1 saturated heterocycles. The second-order valence-corrected chi connectivity index (χ2v) is 8.20. The zero-order valence-corrected chi connectivity index (χ0v) is 19.6. The Morgan fingerprint density at radius 2 is 1.91 bits per heavy atom. The topological polar surface area (TPSA) is 102 Å². The summed E-state index contributed by atoms with van der Waals surface area (Å²) in [5, 5.41) is 3.39. The van der Waals surface area contributed by atoms with Crippen molar-refractivity contribution in [3.05, 3.63) is 54.0 Å². The molecular weight excluding hydrogens is 458 g/mol. The maximum atomic E-state index is 13.2. The lowest BCUT2D eigenvalue weighted by atomic mass is 10.0. The molecule has 0 spiro atoms. The Balaban J connectivity index is 1.40. The predicted molar refractivity (Wildman–Crippen MR) is 124 cm³/mol. The number of halogens is 2. The number of hydrogen-bond acceptors (Lipinski definition) is 8. The largest absolute Gasteiger partial charge is 0.481 e. The van der Waals surface area contributed by atoms with Gasteiger partial charge in [0, 0.05) is 49.2 Å². The Kier molecular flexibility index (Phi) is 7.33. The third-order valence-electron chi connectivity index (χ3n) is 5.83. The number of alkyl halides is 2. The molecule has 2 atom stereocenters. The second-order valence-electron chi connectivity index (χ2n) is 8.20. The van der Waals surface area contributed by atoms with Crippen LogP contribution in [0.15, 0.2) is 42.7 Å². The second kappa shape index (κ2) is 10.6. The van der Waals surface area contributed by atoms with Gasteiger partial charge in [-0.05, 0) is 44.0 Å². The number of amides is 1. The average molecular weight is 485 g/mol. The summed E-state index contributed by atoms with van der Waals surface area (Å²) >= 11 is 0. The van der Waals surface area contributed by atoms with Gasteiger partial charge >= 0.3 is 6.61 Å². The molecule has 0 saturated carbocycles. The minimum Gasteiger partial charge on any atom is -0.481 e. The van der Waals surface area contributed by atoms with Crippen LogP contribution in [-0.2, 0) is 4.79 Å². The monoisotopic (exact) mass is 484 g/mol. The lowest BCUT2D eigenvalue weighted by molar-refractivity contribution is -0.131. The number of likely N-dealkylation sites (tertiary alicyclic amines) is 1. The molecule has 0 aliphatic carbocycles. The van der Waals surface area contributed by atoms with E-state index in [0.717, 1.165) is 17.7 Å². The number of nitrogens with zero attached hydrogens (tertiary/aromatic N) is 5. The third-order valence-corrected chi connectivity index (χ3v) is 5.83. The highest BCUT2D eigenvalue weighted by atomic mass is 19.3. The Bertz CT molecular complexity index is 1180. The molecule has 184 valence electrons. The van der Waals surface area contributed by atoms with Gasteiger partial charge in [0.15, 0.2) is 5.82 Å². The minimum atomic E-state index is -3.02. The maximum Gasteiger partial charge on any atom is 0.388 e. The number of carbonyl (C=O) groups excluding carboxylic acids is 1. The Morgan fingerprint density at radius 1 is 1.17 bits per heavy atom. The smallest absolute Gasteiger partial charge is 0.388 e. The lowest BCUT2D eigenvalue weighted by Gasteiger charge is -2.22. The van der Waals surface area contributed by atoms with Crippen molar-refractivity contribution in [2.75, 3.05) is 25.5 Å². The van der Waals surface area contributed by atoms with Crippen molar-refractivity contribution in [1.29, 1.82) is 0 Å². The Hall–Kier alpha value is -3.89. The number of nitrogens with one attached hydrogen (secondary N) is 1. The van der Waals surface area contributed by atoms with E-state index in [1.807, 2.05) is 19.1 Å². The van der Waals surface area contributed by atoms with Gasteiger partial charge in [-0.2, -0.15) is 13.8 Å². The zero-order chi connectivity index (χ0) is 24.9. The summed E-state index contributed by atoms with van der Waals surface area (Å²) in [6.07, 6.45) is 4.13. The van der Waals surface area contributed by atoms with E-state index in [1.165, 1.54) is 13.2 Å². The van der Waals surface area contributed by atoms with Crippen molar-refractivity contribution in [2.24, 2.45) is 0 Å². The summed E-state index contributed by atoms with van der Waals surface area (Å²) in [6.45, 7) is 1.66. The fraction of sp³-hybridized carbons (Fsp3) is 0.375. The zero-order valence-electron chi connectivity index (χ0n) is 19.6. The molecule has 0 bridgehead atoms. The van der Waals surface area contributed by atoms with E-state index in [4.69, 9.17) is 4.74 Å².